The normalized spacial score (nSPS) is 12.1. The zero-order valence-electron chi connectivity index (χ0n) is 14.1. The van der Waals surface area contributed by atoms with Gasteiger partial charge >= 0.3 is 6.18 Å². The lowest BCUT2D eigenvalue weighted by molar-refractivity contribution is -0.154. The van der Waals surface area contributed by atoms with Crippen LogP contribution in [0, 0.1) is 0 Å². The summed E-state index contributed by atoms with van der Waals surface area (Å²) in [5.41, 5.74) is 0.760. The number of nitrogens with zero attached hydrogens (tertiary/aromatic N) is 2. The number of pyridine rings is 1. The summed E-state index contributed by atoms with van der Waals surface area (Å²) < 4.78 is 41.1. The van der Waals surface area contributed by atoms with Gasteiger partial charge in [-0.1, -0.05) is 26.2 Å². The number of alkyl halides is 3. The van der Waals surface area contributed by atoms with Crippen LogP contribution in [-0.2, 0) is 6.54 Å². The van der Waals surface area contributed by atoms with Gasteiger partial charge in [-0.15, -0.1) is 0 Å². The standard InChI is InChI=1S/C16H25F3N4O/c1-3-4-5-6-8-22-15(20-2)23-11-13-7-9-21-14(10-13)24-12-16(17,18)19/h7,9-10H,3-6,8,11-12H2,1-2H3,(H2,20,22,23). The molecular weight excluding hydrogens is 321 g/mol. The van der Waals surface area contributed by atoms with E-state index in [-0.39, 0.29) is 5.88 Å². The van der Waals surface area contributed by atoms with Crippen molar-refractivity contribution >= 4 is 5.96 Å². The predicted molar refractivity (Wildman–Crippen MR) is 88.1 cm³/mol. The minimum Gasteiger partial charge on any atom is -0.468 e. The van der Waals surface area contributed by atoms with Gasteiger partial charge < -0.3 is 15.4 Å². The lowest BCUT2D eigenvalue weighted by Crippen LogP contribution is -2.37. The Bertz CT molecular complexity index is 506. The van der Waals surface area contributed by atoms with E-state index in [4.69, 9.17) is 0 Å². The molecule has 0 aliphatic carbocycles. The van der Waals surface area contributed by atoms with Crippen LogP contribution in [0.3, 0.4) is 0 Å². The van der Waals surface area contributed by atoms with E-state index in [0.717, 1.165) is 18.5 Å². The molecule has 5 nitrogen and oxygen atoms in total. The fourth-order valence-corrected chi connectivity index (χ4v) is 1.96. The molecular formula is C16H25F3N4O. The number of rotatable bonds is 9. The van der Waals surface area contributed by atoms with Crippen molar-refractivity contribution < 1.29 is 17.9 Å². The maximum absolute atomic E-state index is 12.1. The van der Waals surface area contributed by atoms with Crippen LogP contribution in [0.4, 0.5) is 13.2 Å². The fourth-order valence-electron chi connectivity index (χ4n) is 1.96. The molecule has 0 spiro atoms. The van der Waals surface area contributed by atoms with Crippen LogP contribution in [0.2, 0.25) is 0 Å². The molecule has 0 radical (unpaired) electrons. The average molecular weight is 346 g/mol. The summed E-state index contributed by atoms with van der Waals surface area (Å²) >= 11 is 0. The number of halogens is 3. The van der Waals surface area contributed by atoms with Gasteiger partial charge in [0.1, 0.15) is 0 Å². The Balaban J connectivity index is 2.39. The largest absolute Gasteiger partial charge is 0.468 e. The summed E-state index contributed by atoms with van der Waals surface area (Å²) in [5.74, 6) is 0.607. The van der Waals surface area contributed by atoms with Crippen molar-refractivity contribution in [3.8, 4) is 5.88 Å². The van der Waals surface area contributed by atoms with Crippen LogP contribution in [0.25, 0.3) is 0 Å². The molecule has 0 amide bonds. The van der Waals surface area contributed by atoms with Crippen LogP contribution in [-0.4, -0.2) is 37.3 Å². The molecule has 0 aromatic carbocycles. The quantitative estimate of drug-likeness (QED) is 0.409. The maximum atomic E-state index is 12.1. The van der Waals surface area contributed by atoms with Gasteiger partial charge in [-0.3, -0.25) is 4.99 Å². The van der Waals surface area contributed by atoms with Crippen molar-refractivity contribution in [2.24, 2.45) is 4.99 Å². The highest BCUT2D eigenvalue weighted by Crippen LogP contribution is 2.17. The molecule has 0 atom stereocenters. The first-order valence-electron chi connectivity index (χ1n) is 8.03. The minimum absolute atomic E-state index is 0.0471. The molecule has 0 fully saturated rings. The first-order valence-corrected chi connectivity index (χ1v) is 8.03. The van der Waals surface area contributed by atoms with Crippen molar-refractivity contribution in [2.45, 2.75) is 45.3 Å². The predicted octanol–water partition coefficient (Wildman–Crippen LogP) is 3.27. The van der Waals surface area contributed by atoms with Gasteiger partial charge in [-0.25, -0.2) is 4.98 Å². The molecule has 0 unspecified atom stereocenters. The molecule has 0 bridgehead atoms. The molecule has 8 heteroatoms. The fraction of sp³-hybridized carbons (Fsp3) is 0.625. The lowest BCUT2D eigenvalue weighted by Gasteiger charge is -2.13. The first kappa shape index (κ1) is 20.1. The van der Waals surface area contributed by atoms with Gasteiger partial charge in [0.25, 0.3) is 0 Å². The number of ether oxygens (including phenoxy) is 1. The van der Waals surface area contributed by atoms with E-state index in [1.807, 2.05) is 0 Å². The summed E-state index contributed by atoms with van der Waals surface area (Å²) in [4.78, 5) is 7.88. The third kappa shape index (κ3) is 9.22. The Labute approximate surface area is 140 Å². The molecule has 0 saturated heterocycles. The van der Waals surface area contributed by atoms with Gasteiger partial charge in [-0.2, -0.15) is 13.2 Å². The number of hydrogen-bond acceptors (Lipinski definition) is 3. The molecule has 24 heavy (non-hydrogen) atoms. The van der Waals surface area contributed by atoms with Gasteiger partial charge in [0.2, 0.25) is 5.88 Å². The highest BCUT2D eigenvalue weighted by molar-refractivity contribution is 5.79. The zero-order chi connectivity index (χ0) is 17.8. The van der Waals surface area contributed by atoms with Crippen molar-refractivity contribution in [3.05, 3.63) is 23.9 Å². The molecule has 0 saturated carbocycles. The number of unbranched alkanes of at least 4 members (excludes halogenated alkanes) is 3. The van der Waals surface area contributed by atoms with Crippen LogP contribution in [0.1, 0.15) is 38.2 Å². The van der Waals surface area contributed by atoms with Crippen molar-refractivity contribution in [3.63, 3.8) is 0 Å². The summed E-state index contributed by atoms with van der Waals surface area (Å²) in [5, 5.41) is 6.31. The molecule has 1 aromatic heterocycles. The molecule has 1 rings (SSSR count). The van der Waals surface area contributed by atoms with E-state index < -0.39 is 12.8 Å². The van der Waals surface area contributed by atoms with Crippen molar-refractivity contribution in [1.29, 1.82) is 0 Å². The Morgan fingerprint density at radius 1 is 1.25 bits per heavy atom. The van der Waals surface area contributed by atoms with E-state index in [2.05, 4.69) is 32.3 Å². The van der Waals surface area contributed by atoms with E-state index in [0.29, 0.717) is 12.5 Å². The first-order chi connectivity index (χ1) is 11.4. The van der Waals surface area contributed by atoms with E-state index >= 15 is 0 Å². The van der Waals surface area contributed by atoms with Crippen LogP contribution in [0.15, 0.2) is 23.3 Å². The van der Waals surface area contributed by atoms with Gasteiger partial charge in [0, 0.05) is 32.4 Å². The van der Waals surface area contributed by atoms with E-state index in [1.165, 1.54) is 31.5 Å². The van der Waals surface area contributed by atoms with Crippen LogP contribution in [0.5, 0.6) is 5.88 Å². The molecule has 2 N–H and O–H groups in total. The van der Waals surface area contributed by atoms with E-state index in [1.54, 1.807) is 13.1 Å². The highest BCUT2D eigenvalue weighted by atomic mass is 19.4. The topological polar surface area (TPSA) is 58.5 Å². The average Bonchev–Trinajstić information content (AvgIpc) is 2.55. The Morgan fingerprint density at radius 3 is 2.71 bits per heavy atom. The smallest absolute Gasteiger partial charge is 0.422 e. The minimum atomic E-state index is -4.38. The number of aliphatic imine (C=N–C) groups is 1. The summed E-state index contributed by atoms with van der Waals surface area (Å²) in [7, 11) is 1.67. The van der Waals surface area contributed by atoms with Crippen LogP contribution >= 0.6 is 0 Å². The molecule has 0 aliphatic rings. The second kappa shape index (κ2) is 10.7. The van der Waals surface area contributed by atoms with Crippen molar-refractivity contribution in [2.75, 3.05) is 20.2 Å². The van der Waals surface area contributed by atoms with Gasteiger partial charge in [-0.05, 0) is 18.1 Å². The summed E-state index contributed by atoms with van der Waals surface area (Å²) in [6, 6.07) is 3.19. The summed E-state index contributed by atoms with van der Waals surface area (Å²) in [6.45, 7) is 2.06. The Morgan fingerprint density at radius 2 is 2.04 bits per heavy atom. The van der Waals surface area contributed by atoms with Crippen LogP contribution < -0.4 is 15.4 Å². The number of nitrogens with one attached hydrogen (secondary N) is 2. The van der Waals surface area contributed by atoms with Gasteiger partial charge in [0.15, 0.2) is 12.6 Å². The molecule has 0 aliphatic heterocycles. The lowest BCUT2D eigenvalue weighted by atomic mass is 10.2. The number of hydrogen-bond donors (Lipinski definition) is 2. The highest BCUT2D eigenvalue weighted by Gasteiger charge is 2.28. The third-order valence-corrected chi connectivity index (χ3v) is 3.19. The SMILES string of the molecule is CCCCCCNC(=NC)NCc1ccnc(OCC(F)(F)F)c1. The second-order valence-electron chi connectivity index (χ2n) is 5.32. The monoisotopic (exact) mass is 346 g/mol. The van der Waals surface area contributed by atoms with Gasteiger partial charge in [0.05, 0.1) is 0 Å². The second-order valence-corrected chi connectivity index (χ2v) is 5.32. The molecule has 1 heterocycles. The molecule has 1 aromatic rings. The Kier molecular flexibility index (Phi) is 8.96. The molecule has 136 valence electrons. The number of guanidine groups is 1. The Hall–Kier alpha value is -1.99. The van der Waals surface area contributed by atoms with E-state index in [9.17, 15) is 13.2 Å². The van der Waals surface area contributed by atoms with Crippen molar-refractivity contribution in [1.82, 2.24) is 15.6 Å². The summed E-state index contributed by atoms with van der Waals surface area (Å²) in [6.07, 6.45) is 1.69. The maximum Gasteiger partial charge on any atom is 0.422 e. The third-order valence-electron chi connectivity index (χ3n) is 3.19. The number of aromatic nitrogens is 1. The zero-order valence-corrected chi connectivity index (χ0v) is 14.1.